The molecule has 3 nitrogen and oxygen atoms in total. The normalized spacial score (nSPS) is 11.8. The Hall–Kier alpha value is 0.886. The highest BCUT2D eigenvalue weighted by molar-refractivity contribution is 6.82. The lowest BCUT2D eigenvalue weighted by Gasteiger charge is -2.23. The van der Waals surface area contributed by atoms with Crippen molar-refractivity contribution in [2.75, 3.05) is 45.8 Å². The molecular formula is C16H45BClN2OSi3. The minimum absolute atomic E-state index is 0. The second kappa shape index (κ2) is 16.1. The van der Waals surface area contributed by atoms with E-state index in [1.165, 1.54) is 12.3 Å². The van der Waals surface area contributed by atoms with Gasteiger partial charge in [-0.15, -0.1) is 11.6 Å². The molecule has 0 aromatic carbocycles. The third-order valence-corrected chi connectivity index (χ3v) is 8.31. The Morgan fingerprint density at radius 1 is 0.875 bits per heavy atom. The molecule has 0 amide bonds. The summed E-state index contributed by atoms with van der Waals surface area (Å²) in [5.74, 6) is 0. The molecule has 1 N–H and O–H groups in total. The zero-order valence-electron chi connectivity index (χ0n) is 18.6. The smallest absolute Gasteiger partial charge is 0.0981 e. The average Bonchev–Trinajstić information content (AvgIpc) is 2.25. The van der Waals surface area contributed by atoms with Crippen molar-refractivity contribution in [2.45, 2.75) is 58.9 Å². The molecule has 0 aliphatic carbocycles. The summed E-state index contributed by atoms with van der Waals surface area (Å²) < 4.78 is 5.00. The van der Waals surface area contributed by atoms with Gasteiger partial charge in [-0.05, 0) is 26.4 Å². The van der Waals surface area contributed by atoms with Gasteiger partial charge in [-0.1, -0.05) is 58.9 Å². The number of nitrogens with one attached hydrogen (secondary N) is 1. The third-order valence-electron chi connectivity index (χ3n) is 2.20. The predicted molar refractivity (Wildman–Crippen MR) is 125 cm³/mol. The van der Waals surface area contributed by atoms with Crippen LogP contribution in [0.5, 0.6) is 0 Å². The van der Waals surface area contributed by atoms with E-state index in [1.807, 2.05) is 7.05 Å². The minimum Gasteiger partial charge on any atom is -0.369 e. The van der Waals surface area contributed by atoms with E-state index in [2.05, 4.69) is 76.2 Å². The Labute approximate surface area is 163 Å². The molecule has 3 radical (unpaired) electrons. The van der Waals surface area contributed by atoms with Crippen LogP contribution in [0.15, 0.2) is 0 Å². The number of hydrogen-bond acceptors (Lipinski definition) is 3. The van der Waals surface area contributed by atoms with Gasteiger partial charge in [-0.25, -0.2) is 0 Å². The number of alkyl halides is 1. The summed E-state index contributed by atoms with van der Waals surface area (Å²) in [7, 11) is 3.30. The van der Waals surface area contributed by atoms with Crippen molar-refractivity contribution in [2.24, 2.45) is 0 Å². The molecule has 0 aromatic heterocycles. The number of hydrogen-bond donors (Lipinski definition) is 1. The van der Waals surface area contributed by atoms with Crippen LogP contribution in [0.2, 0.25) is 58.9 Å². The molecule has 0 saturated heterocycles. The van der Waals surface area contributed by atoms with Crippen LogP contribution in [-0.4, -0.2) is 83.3 Å². The molecule has 0 spiro atoms. The van der Waals surface area contributed by atoms with E-state index < -0.39 is 24.2 Å². The molecule has 147 valence electrons. The van der Waals surface area contributed by atoms with Gasteiger partial charge in [0.15, 0.2) is 0 Å². The lowest BCUT2D eigenvalue weighted by atomic mass is 10.8. The maximum Gasteiger partial charge on any atom is 0.0981 e. The van der Waals surface area contributed by atoms with Crippen molar-refractivity contribution in [3.8, 4) is 0 Å². The monoisotopic (exact) mass is 411 g/mol. The molecular weight excluding hydrogens is 367 g/mol. The lowest BCUT2D eigenvalue weighted by Crippen LogP contribution is -2.38. The molecule has 0 saturated carbocycles. The quantitative estimate of drug-likeness (QED) is 0.386. The van der Waals surface area contributed by atoms with Gasteiger partial charge in [0.1, 0.15) is 0 Å². The lowest BCUT2D eigenvalue weighted by molar-refractivity contribution is 0.0928. The largest absolute Gasteiger partial charge is 0.369 e. The summed E-state index contributed by atoms with van der Waals surface area (Å²) in [4.78, 5) is 2.23. The number of nitrogens with zero attached hydrogens (tertiary/aromatic N) is 1. The molecule has 0 fully saturated rings. The van der Waals surface area contributed by atoms with Crippen molar-refractivity contribution < 1.29 is 4.74 Å². The highest BCUT2D eigenvalue weighted by atomic mass is 35.5. The Morgan fingerprint density at radius 3 is 1.38 bits per heavy atom. The zero-order valence-corrected chi connectivity index (χ0v) is 22.4. The van der Waals surface area contributed by atoms with Gasteiger partial charge in [-0.2, -0.15) is 0 Å². The Morgan fingerprint density at radius 2 is 1.25 bits per heavy atom. The van der Waals surface area contributed by atoms with E-state index in [4.69, 9.17) is 16.3 Å². The summed E-state index contributed by atoms with van der Waals surface area (Å²) in [6.45, 7) is 21.6. The van der Waals surface area contributed by atoms with Crippen molar-refractivity contribution in [1.29, 1.82) is 0 Å². The van der Waals surface area contributed by atoms with E-state index >= 15 is 0 Å². The summed E-state index contributed by atoms with van der Waals surface area (Å²) in [6, 6.07) is 0. The van der Waals surface area contributed by atoms with E-state index in [9.17, 15) is 0 Å². The first-order valence-corrected chi connectivity index (χ1v) is 20.1. The van der Waals surface area contributed by atoms with Crippen molar-refractivity contribution in [3.05, 3.63) is 0 Å². The second-order valence-electron chi connectivity index (χ2n) is 9.78. The number of rotatable bonds is 7. The second-order valence-corrected chi connectivity index (χ2v) is 26.9. The molecule has 0 heterocycles. The molecule has 0 aliphatic rings. The van der Waals surface area contributed by atoms with Crippen LogP contribution >= 0.6 is 11.6 Å². The van der Waals surface area contributed by atoms with Gasteiger partial charge in [0, 0.05) is 21.0 Å². The van der Waals surface area contributed by atoms with E-state index in [0.29, 0.717) is 0 Å². The maximum atomic E-state index is 5.54. The fourth-order valence-corrected chi connectivity index (χ4v) is 4.38. The minimum atomic E-state index is -0.912. The van der Waals surface area contributed by atoms with Crippen molar-refractivity contribution in [3.63, 3.8) is 0 Å². The molecule has 0 bridgehead atoms. The fraction of sp³-hybridized carbons (Fsp3) is 1.00. The van der Waals surface area contributed by atoms with Gasteiger partial charge < -0.3 is 10.1 Å². The fourth-order valence-electron chi connectivity index (χ4n) is 1.61. The summed E-state index contributed by atoms with van der Waals surface area (Å²) in [5.41, 5.74) is 0.882. The van der Waals surface area contributed by atoms with E-state index in [0.717, 1.165) is 12.2 Å². The Bertz CT molecular complexity index is 268. The van der Waals surface area contributed by atoms with E-state index in [1.54, 1.807) is 7.11 Å². The molecule has 24 heavy (non-hydrogen) atoms. The van der Waals surface area contributed by atoms with Crippen LogP contribution in [0, 0.1) is 0 Å². The topological polar surface area (TPSA) is 24.5 Å². The molecule has 0 unspecified atom stereocenters. The van der Waals surface area contributed by atoms with Crippen LogP contribution in [-0.2, 0) is 4.74 Å². The van der Waals surface area contributed by atoms with Crippen LogP contribution < -0.4 is 5.32 Å². The van der Waals surface area contributed by atoms with Gasteiger partial charge in [0.2, 0.25) is 0 Å². The molecule has 0 aromatic rings. The summed E-state index contributed by atoms with van der Waals surface area (Å²) in [5, 5.41) is 3.17. The Kier molecular flexibility index (Phi) is 21.8. The van der Waals surface area contributed by atoms with Crippen LogP contribution in [0.25, 0.3) is 0 Å². The SMILES string of the molecule is CNC[Si](C)(C)C.COCN(C)C[Si](C)(C)C.C[Si](C)(C)CCl.[B]. The highest BCUT2D eigenvalue weighted by Gasteiger charge is 2.15. The predicted octanol–water partition coefficient (Wildman–Crippen LogP) is 4.20. The van der Waals surface area contributed by atoms with Crippen LogP contribution in [0.1, 0.15) is 0 Å². The first-order valence-electron chi connectivity index (χ1n) is 8.46. The van der Waals surface area contributed by atoms with Gasteiger partial charge in [0.05, 0.1) is 31.0 Å². The van der Waals surface area contributed by atoms with E-state index in [-0.39, 0.29) is 8.41 Å². The first kappa shape index (κ1) is 32.5. The number of ether oxygens (including phenoxy) is 1. The average molecular weight is 412 g/mol. The van der Waals surface area contributed by atoms with Crippen molar-refractivity contribution >= 4 is 44.2 Å². The molecule has 8 heteroatoms. The molecule has 0 aliphatic heterocycles. The standard InChI is InChI=1S/C7H19NOSi.C5H15NSi.C4H11ClSi.B/c1-8(6-9-2)7-10(3,4)5;1-6-5-7(2,3)4;1-6(2,3)4-5;/h6-7H2,1-5H3;6H,5H2,1-4H3;4H2,1-3H3;. The van der Waals surface area contributed by atoms with Crippen LogP contribution in [0.3, 0.4) is 0 Å². The van der Waals surface area contributed by atoms with Crippen molar-refractivity contribution in [1.82, 2.24) is 10.2 Å². The third kappa shape index (κ3) is 43.4. The summed E-state index contributed by atoms with van der Waals surface area (Å²) >= 11 is 5.54. The maximum absolute atomic E-state index is 5.54. The summed E-state index contributed by atoms with van der Waals surface area (Å²) in [6.07, 6.45) is 2.44. The molecule has 0 atom stereocenters. The Balaban J connectivity index is -0.000000127. The zero-order chi connectivity index (χ0) is 19.3. The van der Waals surface area contributed by atoms with Gasteiger partial charge in [0.25, 0.3) is 0 Å². The molecule has 0 rings (SSSR count). The van der Waals surface area contributed by atoms with Crippen LogP contribution in [0.4, 0.5) is 0 Å². The highest BCUT2D eigenvalue weighted by Crippen LogP contribution is 2.02. The number of methoxy groups -OCH3 is 1. The van der Waals surface area contributed by atoms with Gasteiger partial charge >= 0.3 is 0 Å². The first-order chi connectivity index (χ1) is 10.1. The number of halogens is 1. The van der Waals surface area contributed by atoms with Gasteiger partial charge in [-0.3, -0.25) is 4.90 Å².